The second-order valence-electron chi connectivity index (χ2n) is 6.63. The van der Waals surface area contributed by atoms with E-state index in [2.05, 4.69) is 20.3 Å². The van der Waals surface area contributed by atoms with Crippen molar-refractivity contribution in [2.75, 3.05) is 24.2 Å². The molecular formula is C21H21N5O3S2. The molecule has 2 heterocycles. The van der Waals surface area contributed by atoms with Gasteiger partial charge in [-0.05, 0) is 29.8 Å². The van der Waals surface area contributed by atoms with Gasteiger partial charge in [-0.1, -0.05) is 53.4 Å². The number of thioether (sulfide) groups is 1. The lowest BCUT2D eigenvalue weighted by molar-refractivity contribution is 0.105. The maximum absolute atomic E-state index is 9.64. The Kier molecular flexibility index (Phi) is 6.82. The van der Waals surface area contributed by atoms with Crippen molar-refractivity contribution in [3.05, 3.63) is 60.2 Å². The summed E-state index contributed by atoms with van der Waals surface area (Å²) in [5.41, 5.74) is 7.40. The first-order chi connectivity index (χ1) is 15.1. The molecule has 31 heavy (non-hydrogen) atoms. The Bertz CT molecular complexity index is 1160. The minimum absolute atomic E-state index is 0.156. The second kappa shape index (κ2) is 9.92. The van der Waals surface area contributed by atoms with Crippen LogP contribution in [0.15, 0.2) is 59.8 Å². The predicted molar refractivity (Wildman–Crippen MR) is 124 cm³/mol. The number of thiazole rings is 1. The molecule has 1 atom stereocenters. The SMILES string of the molecule is Nc1nc2nc(SCc3cccc(Oc4ccccc4)c3)nc(NCC(O)CO)c2s1. The van der Waals surface area contributed by atoms with Gasteiger partial charge >= 0.3 is 0 Å². The average molecular weight is 456 g/mol. The first kappa shape index (κ1) is 21.3. The fraction of sp³-hybridized carbons (Fsp3) is 0.190. The largest absolute Gasteiger partial charge is 0.457 e. The lowest BCUT2D eigenvalue weighted by Crippen LogP contribution is -2.23. The van der Waals surface area contributed by atoms with Crippen LogP contribution in [-0.4, -0.2) is 44.4 Å². The fourth-order valence-electron chi connectivity index (χ4n) is 2.75. The second-order valence-corrected chi connectivity index (χ2v) is 8.60. The van der Waals surface area contributed by atoms with Crippen molar-refractivity contribution >= 4 is 44.4 Å². The highest BCUT2D eigenvalue weighted by Crippen LogP contribution is 2.32. The highest BCUT2D eigenvalue weighted by molar-refractivity contribution is 7.98. The Balaban J connectivity index is 1.49. The van der Waals surface area contributed by atoms with Crippen molar-refractivity contribution in [2.24, 2.45) is 0 Å². The molecule has 0 amide bonds. The van der Waals surface area contributed by atoms with E-state index in [1.165, 1.54) is 23.1 Å². The molecule has 0 aliphatic heterocycles. The van der Waals surface area contributed by atoms with Crippen molar-refractivity contribution in [1.29, 1.82) is 0 Å². The van der Waals surface area contributed by atoms with E-state index in [0.717, 1.165) is 17.1 Å². The molecule has 2 aromatic carbocycles. The van der Waals surface area contributed by atoms with E-state index in [4.69, 9.17) is 15.6 Å². The van der Waals surface area contributed by atoms with Crippen LogP contribution in [0, 0.1) is 0 Å². The van der Waals surface area contributed by atoms with Crippen molar-refractivity contribution < 1.29 is 14.9 Å². The van der Waals surface area contributed by atoms with Crippen LogP contribution in [0.5, 0.6) is 11.5 Å². The standard InChI is InChI=1S/C21H21N5O3S2/c22-20-24-19-17(31-20)18(23-10-14(28)11-27)25-21(26-19)30-12-13-5-4-8-16(9-13)29-15-6-2-1-3-7-15/h1-9,14,27-28H,10-12H2,(H3,22,23,24,25,26). The number of aromatic nitrogens is 3. The highest BCUT2D eigenvalue weighted by atomic mass is 32.2. The number of benzene rings is 2. The van der Waals surface area contributed by atoms with Gasteiger partial charge in [0.05, 0.1) is 12.7 Å². The van der Waals surface area contributed by atoms with Crippen LogP contribution in [0.4, 0.5) is 10.9 Å². The van der Waals surface area contributed by atoms with E-state index < -0.39 is 6.10 Å². The third kappa shape index (κ3) is 5.61. The van der Waals surface area contributed by atoms with E-state index in [9.17, 15) is 5.11 Å². The summed E-state index contributed by atoms with van der Waals surface area (Å²) in [6.07, 6.45) is -0.890. The molecule has 0 aliphatic rings. The van der Waals surface area contributed by atoms with Gasteiger partial charge in [-0.25, -0.2) is 15.0 Å². The Labute approximate surface area is 187 Å². The number of rotatable bonds is 9. The van der Waals surface area contributed by atoms with Crippen LogP contribution in [0.1, 0.15) is 5.56 Å². The van der Waals surface area contributed by atoms with Crippen LogP contribution in [0.25, 0.3) is 10.3 Å². The molecule has 4 rings (SSSR count). The Hall–Kier alpha value is -2.92. The summed E-state index contributed by atoms with van der Waals surface area (Å²) in [6, 6.07) is 17.5. The number of nitrogen functional groups attached to an aromatic ring is 1. The summed E-state index contributed by atoms with van der Waals surface area (Å²) < 4.78 is 6.61. The third-order valence-electron chi connectivity index (χ3n) is 4.21. The maximum atomic E-state index is 9.64. The van der Waals surface area contributed by atoms with Crippen molar-refractivity contribution in [3.63, 3.8) is 0 Å². The molecular weight excluding hydrogens is 434 g/mol. The highest BCUT2D eigenvalue weighted by Gasteiger charge is 2.14. The normalized spacial score (nSPS) is 12.1. The van der Waals surface area contributed by atoms with Crippen molar-refractivity contribution in [1.82, 2.24) is 15.0 Å². The molecule has 0 radical (unpaired) electrons. The smallest absolute Gasteiger partial charge is 0.191 e. The van der Waals surface area contributed by atoms with Gasteiger partial charge in [-0.3, -0.25) is 0 Å². The number of nitrogens with one attached hydrogen (secondary N) is 1. The molecule has 160 valence electrons. The average Bonchev–Trinajstić information content (AvgIpc) is 3.17. The van der Waals surface area contributed by atoms with Crippen LogP contribution in [0.3, 0.4) is 0 Å². The lowest BCUT2D eigenvalue weighted by atomic mass is 10.2. The van der Waals surface area contributed by atoms with Crippen molar-refractivity contribution in [2.45, 2.75) is 17.0 Å². The predicted octanol–water partition coefficient (Wildman–Crippen LogP) is 3.52. The molecule has 1 unspecified atom stereocenters. The zero-order chi connectivity index (χ0) is 21.6. The maximum Gasteiger partial charge on any atom is 0.191 e. The van der Waals surface area contributed by atoms with Crippen molar-refractivity contribution in [3.8, 4) is 11.5 Å². The molecule has 0 saturated carbocycles. The number of para-hydroxylation sites is 1. The minimum atomic E-state index is -0.890. The van der Waals surface area contributed by atoms with Gasteiger partial charge in [-0.2, -0.15) is 0 Å². The topological polar surface area (TPSA) is 126 Å². The molecule has 0 saturated heterocycles. The van der Waals surface area contributed by atoms with E-state index >= 15 is 0 Å². The Morgan fingerprint density at radius 2 is 1.87 bits per heavy atom. The van der Waals surface area contributed by atoms with E-state index in [-0.39, 0.29) is 13.2 Å². The summed E-state index contributed by atoms with van der Waals surface area (Å²) in [7, 11) is 0. The van der Waals surface area contributed by atoms with Crippen LogP contribution in [-0.2, 0) is 5.75 Å². The first-order valence-electron chi connectivity index (χ1n) is 9.52. The lowest BCUT2D eigenvalue weighted by Gasteiger charge is -2.11. The fourth-order valence-corrected chi connectivity index (χ4v) is 4.28. The molecule has 10 heteroatoms. The number of aliphatic hydroxyl groups is 2. The number of nitrogens with two attached hydrogens (primary N) is 1. The zero-order valence-corrected chi connectivity index (χ0v) is 18.1. The van der Waals surface area contributed by atoms with Gasteiger partial charge in [0.15, 0.2) is 21.8 Å². The molecule has 0 bridgehead atoms. The van der Waals surface area contributed by atoms with E-state index in [1.807, 2.05) is 54.6 Å². The number of hydrogen-bond acceptors (Lipinski definition) is 10. The van der Waals surface area contributed by atoms with Crippen LogP contribution in [0.2, 0.25) is 0 Å². The minimum Gasteiger partial charge on any atom is -0.457 e. The van der Waals surface area contributed by atoms with Gasteiger partial charge in [0, 0.05) is 12.3 Å². The molecule has 0 aliphatic carbocycles. The first-order valence-corrected chi connectivity index (χ1v) is 11.3. The monoisotopic (exact) mass is 455 g/mol. The molecule has 8 nitrogen and oxygen atoms in total. The van der Waals surface area contributed by atoms with E-state index in [1.54, 1.807) is 0 Å². The van der Waals surface area contributed by atoms with Gasteiger partial charge in [0.1, 0.15) is 16.2 Å². The summed E-state index contributed by atoms with van der Waals surface area (Å²) in [5.74, 6) is 2.71. The quantitative estimate of drug-likeness (QED) is 0.221. The Morgan fingerprint density at radius 3 is 2.68 bits per heavy atom. The van der Waals surface area contributed by atoms with Gasteiger partial charge in [0.2, 0.25) is 0 Å². The molecule has 4 aromatic rings. The molecule has 0 fully saturated rings. The zero-order valence-electron chi connectivity index (χ0n) is 16.4. The third-order valence-corrected chi connectivity index (χ3v) is 6.01. The number of aliphatic hydroxyl groups excluding tert-OH is 2. The van der Waals surface area contributed by atoms with Crippen LogP contribution >= 0.6 is 23.1 Å². The summed E-state index contributed by atoms with van der Waals surface area (Å²) in [6.45, 7) is -0.182. The molecule has 0 spiro atoms. The van der Waals surface area contributed by atoms with E-state index in [0.29, 0.717) is 32.2 Å². The molecule has 5 N–H and O–H groups in total. The number of anilines is 2. The summed E-state index contributed by atoms with van der Waals surface area (Å²) in [4.78, 5) is 13.3. The van der Waals surface area contributed by atoms with Gasteiger partial charge in [0.25, 0.3) is 0 Å². The van der Waals surface area contributed by atoms with Gasteiger partial charge < -0.3 is 26.0 Å². The number of hydrogen-bond donors (Lipinski definition) is 4. The summed E-state index contributed by atoms with van der Waals surface area (Å²) >= 11 is 2.73. The van der Waals surface area contributed by atoms with Gasteiger partial charge in [-0.15, -0.1) is 0 Å². The number of fused-ring (bicyclic) bond motifs is 1. The van der Waals surface area contributed by atoms with Crippen LogP contribution < -0.4 is 15.8 Å². The number of nitrogens with zero attached hydrogens (tertiary/aromatic N) is 3. The summed E-state index contributed by atoms with van der Waals surface area (Å²) in [5, 5.41) is 22.7. The Morgan fingerprint density at radius 1 is 1.06 bits per heavy atom. The molecule has 2 aromatic heterocycles. The number of ether oxygens (including phenoxy) is 1.